The molecule has 0 aliphatic heterocycles. The molecule has 1 amide bonds. The number of carbonyl (C=O) groups excluding carboxylic acids is 2. The van der Waals surface area contributed by atoms with Crippen LogP contribution in [0.25, 0.3) is 6.08 Å². The van der Waals surface area contributed by atoms with Gasteiger partial charge in [-0.1, -0.05) is 17.7 Å². The summed E-state index contributed by atoms with van der Waals surface area (Å²) in [6, 6.07) is 16.6. The zero-order valence-corrected chi connectivity index (χ0v) is 21.9. The van der Waals surface area contributed by atoms with Gasteiger partial charge in [-0.05, 0) is 105 Å². The predicted molar refractivity (Wildman–Crippen MR) is 138 cm³/mol. The minimum Gasteiger partial charge on any atom is -0.493 e. The Labute approximate surface area is 218 Å². The first-order valence-electron chi connectivity index (χ1n) is 9.76. The minimum absolute atomic E-state index is 0.118. The van der Waals surface area contributed by atoms with Gasteiger partial charge in [0, 0.05) is 14.0 Å². The molecule has 0 saturated carbocycles. The van der Waals surface area contributed by atoms with Gasteiger partial charge in [0.1, 0.15) is 11.6 Å². The SMILES string of the molecule is COc1cc(/C=C(\C#N)C(=O)Nc2c(Br)cc(C)cc2Br)ccc1OC(=O)c1ccc(Cl)cc1. The quantitative estimate of drug-likeness (QED) is 0.142. The van der Waals surface area contributed by atoms with E-state index < -0.39 is 11.9 Å². The van der Waals surface area contributed by atoms with Gasteiger partial charge < -0.3 is 14.8 Å². The summed E-state index contributed by atoms with van der Waals surface area (Å²) >= 11 is 12.7. The van der Waals surface area contributed by atoms with Gasteiger partial charge in [-0.2, -0.15) is 5.26 Å². The second kappa shape index (κ2) is 11.3. The Morgan fingerprint density at radius 1 is 1.03 bits per heavy atom. The van der Waals surface area contributed by atoms with E-state index in [2.05, 4.69) is 37.2 Å². The summed E-state index contributed by atoms with van der Waals surface area (Å²) in [5.41, 5.74) is 2.23. The van der Waals surface area contributed by atoms with Crippen LogP contribution in [0.3, 0.4) is 0 Å². The molecule has 0 saturated heterocycles. The molecule has 3 aromatic carbocycles. The normalized spacial score (nSPS) is 10.9. The molecule has 0 unspecified atom stereocenters. The fourth-order valence-corrected chi connectivity index (χ4v) is 4.66. The third-order valence-corrected chi connectivity index (χ3v) is 6.07. The summed E-state index contributed by atoms with van der Waals surface area (Å²) in [4.78, 5) is 25.1. The fourth-order valence-electron chi connectivity index (χ4n) is 2.92. The summed E-state index contributed by atoms with van der Waals surface area (Å²) < 4.78 is 12.1. The molecule has 9 heteroatoms. The molecule has 0 aromatic heterocycles. The monoisotopic (exact) mass is 602 g/mol. The highest BCUT2D eigenvalue weighted by Crippen LogP contribution is 2.33. The number of ether oxygens (including phenoxy) is 2. The van der Waals surface area contributed by atoms with Crippen molar-refractivity contribution in [1.82, 2.24) is 0 Å². The molecule has 0 heterocycles. The number of methoxy groups -OCH3 is 1. The first-order valence-corrected chi connectivity index (χ1v) is 11.7. The molecule has 3 rings (SSSR count). The maximum atomic E-state index is 12.7. The number of amides is 1. The molecule has 34 heavy (non-hydrogen) atoms. The lowest BCUT2D eigenvalue weighted by atomic mass is 10.1. The van der Waals surface area contributed by atoms with E-state index in [9.17, 15) is 14.9 Å². The number of halogens is 3. The van der Waals surface area contributed by atoms with Crippen LogP contribution in [0.2, 0.25) is 5.02 Å². The van der Waals surface area contributed by atoms with Crippen molar-refractivity contribution < 1.29 is 19.1 Å². The average Bonchev–Trinajstić information content (AvgIpc) is 2.80. The van der Waals surface area contributed by atoms with Crippen LogP contribution in [0, 0.1) is 18.3 Å². The largest absolute Gasteiger partial charge is 0.493 e. The third-order valence-electron chi connectivity index (χ3n) is 4.57. The smallest absolute Gasteiger partial charge is 0.343 e. The summed E-state index contributed by atoms with van der Waals surface area (Å²) in [5.74, 6) is -0.706. The van der Waals surface area contributed by atoms with Crippen molar-refractivity contribution in [3.63, 3.8) is 0 Å². The summed E-state index contributed by atoms with van der Waals surface area (Å²) in [6.07, 6.45) is 1.42. The van der Waals surface area contributed by atoms with Crippen LogP contribution in [0.15, 0.2) is 69.1 Å². The molecule has 1 N–H and O–H groups in total. The van der Waals surface area contributed by atoms with Gasteiger partial charge >= 0.3 is 5.97 Å². The molecular formula is C25H17Br2ClN2O4. The van der Waals surface area contributed by atoms with E-state index in [4.69, 9.17) is 21.1 Å². The fraction of sp³-hybridized carbons (Fsp3) is 0.0800. The van der Waals surface area contributed by atoms with Gasteiger partial charge in [-0.15, -0.1) is 0 Å². The molecule has 0 aliphatic carbocycles. The molecule has 0 aliphatic rings. The van der Waals surface area contributed by atoms with E-state index in [1.54, 1.807) is 36.4 Å². The molecule has 0 fully saturated rings. The maximum Gasteiger partial charge on any atom is 0.343 e. The average molecular weight is 605 g/mol. The lowest BCUT2D eigenvalue weighted by molar-refractivity contribution is -0.112. The molecule has 172 valence electrons. The highest BCUT2D eigenvalue weighted by atomic mass is 79.9. The van der Waals surface area contributed by atoms with E-state index in [0.29, 0.717) is 30.8 Å². The topological polar surface area (TPSA) is 88.4 Å². The molecule has 0 radical (unpaired) electrons. The molecule has 0 bridgehead atoms. The summed E-state index contributed by atoms with van der Waals surface area (Å²) in [6.45, 7) is 1.92. The Morgan fingerprint density at radius 2 is 1.68 bits per heavy atom. The van der Waals surface area contributed by atoms with E-state index >= 15 is 0 Å². The van der Waals surface area contributed by atoms with Crippen LogP contribution in [0.4, 0.5) is 5.69 Å². The zero-order chi connectivity index (χ0) is 24.8. The number of hydrogen-bond acceptors (Lipinski definition) is 5. The predicted octanol–water partition coefficient (Wildman–Crippen LogP) is 6.95. The van der Waals surface area contributed by atoms with Crippen molar-refractivity contribution in [2.75, 3.05) is 12.4 Å². The number of rotatable bonds is 6. The lowest BCUT2D eigenvalue weighted by Gasteiger charge is -2.11. The number of nitrogens with one attached hydrogen (secondary N) is 1. The Hall–Kier alpha value is -3.12. The summed E-state index contributed by atoms with van der Waals surface area (Å²) in [5, 5.41) is 12.8. The number of nitrogens with zero attached hydrogens (tertiary/aromatic N) is 1. The first kappa shape index (κ1) is 25.5. The molecular weight excluding hydrogens is 588 g/mol. The Bertz CT molecular complexity index is 1310. The van der Waals surface area contributed by atoms with Crippen molar-refractivity contribution >= 4 is 67.1 Å². The number of anilines is 1. The lowest BCUT2D eigenvalue weighted by Crippen LogP contribution is -2.14. The van der Waals surface area contributed by atoms with E-state index in [1.165, 1.54) is 19.3 Å². The third kappa shape index (κ3) is 6.26. The Kier molecular flexibility index (Phi) is 8.51. The van der Waals surface area contributed by atoms with Gasteiger partial charge in [-0.25, -0.2) is 4.79 Å². The van der Waals surface area contributed by atoms with Crippen LogP contribution >= 0.6 is 43.5 Å². The van der Waals surface area contributed by atoms with Crippen LogP contribution in [0.5, 0.6) is 11.5 Å². The number of carbonyl (C=O) groups is 2. The zero-order valence-electron chi connectivity index (χ0n) is 18.0. The standard InChI is InChI=1S/C25H17Br2ClN2O4/c1-14-9-19(26)23(20(27)10-14)30-24(31)17(13-29)11-15-3-8-21(22(12-15)33-2)34-25(32)16-4-6-18(28)7-5-16/h3-12H,1-2H3,(H,30,31)/b17-11+. The van der Waals surface area contributed by atoms with Gasteiger partial charge in [0.2, 0.25) is 0 Å². The van der Waals surface area contributed by atoms with Gasteiger partial charge in [0.05, 0.1) is 18.4 Å². The molecule has 0 spiro atoms. The number of esters is 1. The number of benzene rings is 3. The Morgan fingerprint density at radius 3 is 2.26 bits per heavy atom. The second-order valence-corrected chi connectivity index (χ2v) is 9.18. The van der Waals surface area contributed by atoms with Gasteiger partial charge in [0.15, 0.2) is 11.5 Å². The highest BCUT2D eigenvalue weighted by molar-refractivity contribution is 9.11. The van der Waals surface area contributed by atoms with Gasteiger partial charge in [0.25, 0.3) is 5.91 Å². The molecule has 6 nitrogen and oxygen atoms in total. The number of nitriles is 1. The number of hydrogen-bond donors (Lipinski definition) is 1. The second-order valence-electron chi connectivity index (χ2n) is 7.03. The van der Waals surface area contributed by atoms with Crippen LogP contribution < -0.4 is 14.8 Å². The Balaban J connectivity index is 1.82. The van der Waals surface area contributed by atoms with Gasteiger partial charge in [-0.3, -0.25) is 4.79 Å². The van der Waals surface area contributed by atoms with Crippen molar-refractivity contribution in [2.45, 2.75) is 6.92 Å². The van der Waals surface area contributed by atoms with Crippen molar-refractivity contribution in [2.24, 2.45) is 0 Å². The van der Waals surface area contributed by atoms with E-state index in [0.717, 1.165) is 5.56 Å². The van der Waals surface area contributed by atoms with E-state index in [-0.39, 0.29) is 17.1 Å². The maximum absolute atomic E-state index is 12.7. The minimum atomic E-state index is -0.579. The molecule has 0 atom stereocenters. The van der Waals surface area contributed by atoms with Crippen LogP contribution in [0.1, 0.15) is 21.5 Å². The highest BCUT2D eigenvalue weighted by Gasteiger charge is 2.16. The van der Waals surface area contributed by atoms with E-state index in [1.807, 2.05) is 25.1 Å². The summed E-state index contributed by atoms with van der Waals surface area (Å²) in [7, 11) is 1.42. The van der Waals surface area contributed by atoms with Crippen LogP contribution in [-0.2, 0) is 4.79 Å². The van der Waals surface area contributed by atoms with Crippen molar-refractivity contribution in [3.05, 3.63) is 90.8 Å². The molecule has 3 aromatic rings. The first-order chi connectivity index (χ1) is 16.2. The van der Waals surface area contributed by atoms with Crippen molar-refractivity contribution in [1.29, 1.82) is 5.26 Å². The number of aryl methyl sites for hydroxylation is 1. The van der Waals surface area contributed by atoms with Crippen LogP contribution in [-0.4, -0.2) is 19.0 Å². The van der Waals surface area contributed by atoms with Crippen molar-refractivity contribution in [3.8, 4) is 17.6 Å².